The van der Waals surface area contributed by atoms with Crippen molar-refractivity contribution in [1.82, 2.24) is 20.6 Å². The number of ether oxygens (including phenoxy) is 1. The highest BCUT2D eigenvalue weighted by Gasteiger charge is 2.17. The number of fused-ring (bicyclic) bond motifs is 1. The lowest BCUT2D eigenvalue weighted by atomic mass is 10.1. The maximum Gasteiger partial charge on any atom is 0.290 e. The minimum absolute atomic E-state index is 0.0818. The number of rotatable bonds is 6. The molecule has 8 heteroatoms. The summed E-state index contributed by atoms with van der Waals surface area (Å²) in [5.74, 6) is -0.272. The first-order chi connectivity index (χ1) is 14.0. The minimum Gasteiger partial charge on any atom is -0.497 e. The lowest BCUT2D eigenvalue weighted by molar-refractivity contribution is -0.121. The molecule has 29 heavy (non-hydrogen) atoms. The maximum absolute atomic E-state index is 12.6. The Hall–Kier alpha value is -3.68. The van der Waals surface area contributed by atoms with E-state index in [9.17, 15) is 14.4 Å². The van der Waals surface area contributed by atoms with Crippen LogP contribution in [0.1, 0.15) is 29.4 Å². The lowest BCUT2D eigenvalue weighted by Crippen LogP contribution is -2.43. The van der Waals surface area contributed by atoms with Crippen molar-refractivity contribution >= 4 is 22.6 Å². The number of nitrogens with zero attached hydrogens (tertiary/aromatic N) is 2. The van der Waals surface area contributed by atoms with Gasteiger partial charge in [0.1, 0.15) is 5.75 Å². The quantitative estimate of drug-likeness (QED) is 0.621. The summed E-state index contributed by atoms with van der Waals surface area (Å²) in [5.41, 5.74) is 5.38. The summed E-state index contributed by atoms with van der Waals surface area (Å²) in [4.78, 5) is 37.3. The van der Waals surface area contributed by atoms with E-state index >= 15 is 0 Å². The van der Waals surface area contributed by atoms with Crippen molar-refractivity contribution in [2.45, 2.75) is 26.3 Å². The van der Waals surface area contributed by atoms with E-state index in [0.717, 1.165) is 5.56 Å². The van der Waals surface area contributed by atoms with E-state index in [1.54, 1.807) is 55.6 Å². The van der Waals surface area contributed by atoms with Crippen molar-refractivity contribution in [2.24, 2.45) is 0 Å². The predicted molar refractivity (Wildman–Crippen MR) is 109 cm³/mol. The maximum atomic E-state index is 12.6. The number of benzene rings is 2. The van der Waals surface area contributed by atoms with Crippen molar-refractivity contribution in [3.63, 3.8) is 0 Å². The molecule has 0 fully saturated rings. The number of hydrazine groups is 1. The van der Waals surface area contributed by atoms with Gasteiger partial charge in [-0.3, -0.25) is 25.2 Å². The Morgan fingerprint density at radius 3 is 2.38 bits per heavy atom. The van der Waals surface area contributed by atoms with Crippen molar-refractivity contribution < 1.29 is 14.3 Å². The van der Waals surface area contributed by atoms with E-state index in [-0.39, 0.29) is 23.6 Å². The Bertz CT molecular complexity index is 1090. The number of aryl methyl sites for hydroxylation is 1. The molecule has 0 radical (unpaired) electrons. The molecule has 2 amide bonds. The van der Waals surface area contributed by atoms with Gasteiger partial charge in [-0.25, -0.2) is 4.68 Å². The molecule has 2 N–H and O–H groups in total. The monoisotopic (exact) mass is 394 g/mol. The van der Waals surface area contributed by atoms with Crippen LogP contribution in [-0.2, 0) is 17.8 Å². The SMILES string of the molecule is CCCn1nc(C(=O)NNC(=O)Cc2ccc(OC)cc2)c2ccccc2c1=O. The number of carbonyl (C=O) groups is 2. The topological polar surface area (TPSA) is 102 Å². The molecular formula is C21H22N4O4. The smallest absolute Gasteiger partial charge is 0.290 e. The third-order valence-electron chi connectivity index (χ3n) is 4.36. The van der Waals surface area contributed by atoms with Gasteiger partial charge in [0.2, 0.25) is 5.91 Å². The van der Waals surface area contributed by atoms with Crippen molar-refractivity contribution in [3.05, 3.63) is 70.1 Å². The fourth-order valence-electron chi connectivity index (χ4n) is 2.92. The first-order valence-electron chi connectivity index (χ1n) is 9.25. The van der Waals surface area contributed by atoms with Crippen LogP contribution in [0.2, 0.25) is 0 Å². The zero-order chi connectivity index (χ0) is 20.8. The third kappa shape index (κ3) is 4.60. The van der Waals surface area contributed by atoms with Gasteiger partial charge in [0.05, 0.1) is 18.9 Å². The minimum atomic E-state index is -0.589. The number of hydrogen-bond acceptors (Lipinski definition) is 5. The van der Waals surface area contributed by atoms with E-state index < -0.39 is 5.91 Å². The van der Waals surface area contributed by atoms with E-state index in [0.29, 0.717) is 29.5 Å². The summed E-state index contributed by atoms with van der Waals surface area (Å²) in [5, 5.41) is 5.04. The average molecular weight is 394 g/mol. The highest BCUT2D eigenvalue weighted by atomic mass is 16.5. The van der Waals surface area contributed by atoms with Crippen molar-refractivity contribution in [1.29, 1.82) is 0 Å². The molecule has 1 heterocycles. The molecule has 150 valence electrons. The fourth-order valence-corrected chi connectivity index (χ4v) is 2.92. The molecule has 2 aromatic carbocycles. The summed E-state index contributed by atoms with van der Waals surface area (Å²) in [6.07, 6.45) is 0.790. The second kappa shape index (κ2) is 9.01. The molecule has 0 unspecified atom stereocenters. The third-order valence-corrected chi connectivity index (χ3v) is 4.36. The van der Waals surface area contributed by atoms with Crippen LogP contribution in [0.4, 0.5) is 0 Å². The van der Waals surface area contributed by atoms with E-state index in [1.165, 1.54) is 4.68 Å². The van der Waals surface area contributed by atoms with Crippen molar-refractivity contribution in [3.8, 4) is 5.75 Å². The van der Waals surface area contributed by atoms with Gasteiger partial charge in [-0.1, -0.05) is 37.3 Å². The predicted octanol–water partition coefficient (Wildman–Crippen LogP) is 1.82. The van der Waals surface area contributed by atoms with Gasteiger partial charge in [-0.2, -0.15) is 5.10 Å². The molecule has 0 aliphatic carbocycles. The number of amides is 2. The average Bonchev–Trinajstić information content (AvgIpc) is 2.74. The molecule has 0 saturated heterocycles. The van der Waals surface area contributed by atoms with Crippen LogP contribution in [0.15, 0.2) is 53.3 Å². The molecule has 3 rings (SSSR count). The molecule has 1 aromatic heterocycles. The van der Waals surface area contributed by atoms with Crippen LogP contribution in [-0.4, -0.2) is 28.7 Å². The van der Waals surface area contributed by atoms with Gasteiger partial charge in [-0.15, -0.1) is 0 Å². The van der Waals surface area contributed by atoms with Gasteiger partial charge in [0.15, 0.2) is 5.69 Å². The molecule has 3 aromatic rings. The van der Waals surface area contributed by atoms with Gasteiger partial charge in [0.25, 0.3) is 11.5 Å². The largest absolute Gasteiger partial charge is 0.497 e. The first-order valence-corrected chi connectivity index (χ1v) is 9.25. The van der Waals surface area contributed by atoms with Gasteiger partial charge in [-0.05, 0) is 30.2 Å². The molecular weight excluding hydrogens is 372 g/mol. The van der Waals surface area contributed by atoms with Gasteiger partial charge in [0, 0.05) is 11.9 Å². The van der Waals surface area contributed by atoms with Gasteiger partial charge >= 0.3 is 0 Å². The molecule has 0 bridgehead atoms. The number of aromatic nitrogens is 2. The number of methoxy groups -OCH3 is 1. The van der Waals surface area contributed by atoms with Gasteiger partial charge < -0.3 is 4.74 Å². The summed E-state index contributed by atoms with van der Waals surface area (Å²) < 4.78 is 6.36. The number of nitrogens with one attached hydrogen (secondary N) is 2. The van der Waals surface area contributed by atoms with Crippen LogP contribution in [0.3, 0.4) is 0 Å². The van der Waals surface area contributed by atoms with E-state index in [4.69, 9.17) is 4.74 Å². The molecule has 0 spiro atoms. The van der Waals surface area contributed by atoms with Crippen molar-refractivity contribution in [2.75, 3.05) is 7.11 Å². The first kappa shape index (κ1) is 20.1. The zero-order valence-electron chi connectivity index (χ0n) is 16.3. The van der Waals surface area contributed by atoms with Crippen LogP contribution < -0.4 is 21.1 Å². The second-order valence-electron chi connectivity index (χ2n) is 6.45. The zero-order valence-corrected chi connectivity index (χ0v) is 16.3. The molecule has 0 atom stereocenters. The normalized spacial score (nSPS) is 10.6. The molecule has 0 saturated carbocycles. The van der Waals surface area contributed by atoms with Crippen LogP contribution in [0, 0.1) is 0 Å². The Morgan fingerprint density at radius 1 is 1.03 bits per heavy atom. The summed E-state index contributed by atoms with van der Waals surface area (Å²) in [6.45, 7) is 2.32. The van der Waals surface area contributed by atoms with Crippen LogP contribution in [0.5, 0.6) is 5.75 Å². The Labute approximate surface area is 167 Å². The fraction of sp³-hybridized carbons (Fsp3) is 0.238. The number of carbonyl (C=O) groups excluding carboxylic acids is 2. The standard InChI is InChI=1S/C21H22N4O4/c1-3-12-25-21(28)17-7-5-4-6-16(17)19(24-25)20(27)23-22-18(26)13-14-8-10-15(29-2)11-9-14/h4-11H,3,12-13H2,1-2H3,(H,22,26)(H,23,27). The Morgan fingerprint density at radius 2 is 1.72 bits per heavy atom. The molecule has 0 aliphatic rings. The molecule has 8 nitrogen and oxygen atoms in total. The van der Waals surface area contributed by atoms with E-state index in [1.807, 2.05) is 6.92 Å². The number of hydrogen-bond donors (Lipinski definition) is 2. The van der Waals surface area contributed by atoms with Crippen LogP contribution in [0.25, 0.3) is 10.8 Å². The summed E-state index contributed by atoms with van der Waals surface area (Å²) in [6, 6.07) is 13.8. The Kier molecular flexibility index (Phi) is 6.23. The lowest BCUT2D eigenvalue weighted by Gasteiger charge is -2.11. The Balaban J connectivity index is 1.74. The molecule has 0 aliphatic heterocycles. The second-order valence-corrected chi connectivity index (χ2v) is 6.45. The summed E-state index contributed by atoms with van der Waals surface area (Å²) >= 11 is 0. The summed E-state index contributed by atoms with van der Waals surface area (Å²) in [7, 11) is 1.57. The van der Waals surface area contributed by atoms with Crippen LogP contribution >= 0.6 is 0 Å². The van der Waals surface area contributed by atoms with E-state index in [2.05, 4.69) is 16.0 Å². The highest BCUT2D eigenvalue weighted by Crippen LogP contribution is 2.13. The highest BCUT2D eigenvalue weighted by molar-refractivity contribution is 6.05.